The van der Waals surface area contributed by atoms with Crippen molar-refractivity contribution in [3.63, 3.8) is 0 Å². The fourth-order valence-electron chi connectivity index (χ4n) is 1.88. The number of aromatic nitrogens is 2. The lowest BCUT2D eigenvalue weighted by molar-refractivity contribution is 0.259. The van der Waals surface area contributed by atoms with Crippen LogP contribution in [0.4, 0.5) is 0 Å². The molecule has 0 aromatic carbocycles. The average molecular weight is 197 g/mol. The molecule has 0 bridgehead atoms. The summed E-state index contributed by atoms with van der Waals surface area (Å²) in [6.07, 6.45) is 3.22. The van der Waals surface area contributed by atoms with Crippen molar-refractivity contribution in [2.24, 2.45) is 0 Å². The highest BCUT2D eigenvalue weighted by Crippen LogP contribution is 2.18. The molecule has 5 heteroatoms. The van der Waals surface area contributed by atoms with E-state index in [9.17, 15) is 0 Å². The van der Waals surface area contributed by atoms with E-state index in [1.807, 2.05) is 0 Å². The molecule has 1 aliphatic rings. The predicted octanol–water partition coefficient (Wildman–Crippen LogP) is 0.199. The van der Waals surface area contributed by atoms with Gasteiger partial charge in [0.15, 0.2) is 5.82 Å². The highest BCUT2D eigenvalue weighted by Gasteiger charge is 2.23. The number of nitrogens with zero attached hydrogens (tertiary/aromatic N) is 3. The molecule has 1 N–H and O–H groups in total. The zero-order valence-electron chi connectivity index (χ0n) is 8.31. The molecular formula is C9H15N3O2. The van der Waals surface area contributed by atoms with E-state index in [-0.39, 0.29) is 6.61 Å². The summed E-state index contributed by atoms with van der Waals surface area (Å²) in [7, 11) is 2.11. The Labute approximate surface area is 82.7 Å². The number of rotatable bonds is 3. The number of hydrogen-bond donors (Lipinski definition) is 1. The van der Waals surface area contributed by atoms with Gasteiger partial charge in [0, 0.05) is 12.5 Å². The SMILES string of the molecule is CN1CCCC1Cc1nc(CO)no1. The fourth-order valence-corrected chi connectivity index (χ4v) is 1.88. The summed E-state index contributed by atoms with van der Waals surface area (Å²) in [4.78, 5) is 6.38. The fraction of sp³-hybridized carbons (Fsp3) is 0.778. The van der Waals surface area contributed by atoms with E-state index in [2.05, 4.69) is 22.1 Å². The van der Waals surface area contributed by atoms with Gasteiger partial charge in [-0.05, 0) is 26.4 Å². The molecule has 1 atom stereocenters. The molecule has 1 aromatic rings. The standard InChI is InChI=1S/C9H15N3O2/c1-12-4-2-3-7(12)5-9-10-8(6-13)11-14-9/h7,13H,2-6H2,1H3. The summed E-state index contributed by atoms with van der Waals surface area (Å²) in [6, 6.07) is 0.516. The number of hydrogen-bond acceptors (Lipinski definition) is 5. The second-order valence-corrected chi connectivity index (χ2v) is 3.74. The van der Waals surface area contributed by atoms with Gasteiger partial charge < -0.3 is 14.5 Å². The van der Waals surface area contributed by atoms with Gasteiger partial charge in [0.2, 0.25) is 5.89 Å². The van der Waals surface area contributed by atoms with Crippen LogP contribution in [0.3, 0.4) is 0 Å². The van der Waals surface area contributed by atoms with E-state index < -0.39 is 0 Å². The van der Waals surface area contributed by atoms with Crippen LogP contribution in [0.25, 0.3) is 0 Å². The minimum Gasteiger partial charge on any atom is -0.388 e. The van der Waals surface area contributed by atoms with Crippen LogP contribution in [0.2, 0.25) is 0 Å². The average Bonchev–Trinajstić information content (AvgIpc) is 2.77. The van der Waals surface area contributed by atoms with Gasteiger partial charge in [-0.1, -0.05) is 5.16 Å². The number of aliphatic hydroxyl groups excluding tert-OH is 1. The second kappa shape index (κ2) is 4.06. The molecule has 0 radical (unpaired) electrons. The Hall–Kier alpha value is -0.940. The first kappa shape index (κ1) is 9.61. The maximum absolute atomic E-state index is 8.77. The minimum absolute atomic E-state index is 0.149. The lowest BCUT2D eigenvalue weighted by atomic mass is 10.1. The third-order valence-corrected chi connectivity index (χ3v) is 2.73. The van der Waals surface area contributed by atoms with Crippen molar-refractivity contribution >= 4 is 0 Å². The molecule has 0 aliphatic carbocycles. The predicted molar refractivity (Wildman–Crippen MR) is 49.6 cm³/mol. The molecule has 78 valence electrons. The third-order valence-electron chi connectivity index (χ3n) is 2.73. The topological polar surface area (TPSA) is 62.4 Å². The maximum atomic E-state index is 8.77. The smallest absolute Gasteiger partial charge is 0.228 e. The molecule has 0 saturated carbocycles. The molecule has 1 aromatic heterocycles. The van der Waals surface area contributed by atoms with Gasteiger partial charge in [-0.25, -0.2) is 0 Å². The molecule has 1 unspecified atom stereocenters. The van der Waals surface area contributed by atoms with Crippen molar-refractivity contribution in [1.29, 1.82) is 0 Å². The van der Waals surface area contributed by atoms with Gasteiger partial charge in [-0.15, -0.1) is 0 Å². The Balaban J connectivity index is 1.96. The van der Waals surface area contributed by atoms with Crippen LogP contribution >= 0.6 is 0 Å². The molecule has 1 aliphatic heterocycles. The first-order valence-corrected chi connectivity index (χ1v) is 4.92. The zero-order chi connectivity index (χ0) is 9.97. The highest BCUT2D eigenvalue weighted by atomic mass is 16.5. The van der Waals surface area contributed by atoms with Gasteiger partial charge >= 0.3 is 0 Å². The quantitative estimate of drug-likeness (QED) is 0.750. The minimum atomic E-state index is -0.149. The van der Waals surface area contributed by atoms with Crippen molar-refractivity contribution in [3.8, 4) is 0 Å². The van der Waals surface area contributed by atoms with Crippen molar-refractivity contribution in [2.45, 2.75) is 31.9 Å². The van der Waals surface area contributed by atoms with Crippen LogP contribution in [-0.2, 0) is 13.0 Å². The first-order chi connectivity index (χ1) is 6.79. The van der Waals surface area contributed by atoms with E-state index in [4.69, 9.17) is 9.63 Å². The van der Waals surface area contributed by atoms with Gasteiger partial charge in [0.1, 0.15) is 6.61 Å². The maximum Gasteiger partial charge on any atom is 0.228 e. The van der Waals surface area contributed by atoms with Gasteiger partial charge in [0.25, 0.3) is 0 Å². The largest absolute Gasteiger partial charge is 0.388 e. The van der Waals surface area contributed by atoms with Crippen LogP contribution in [-0.4, -0.2) is 39.8 Å². The molecule has 1 saturated heterocycles. The summed E-state index contributed by atoms with van der Waals surface area (Å²) in [6.45, 7) is 0.996. The molecule has 0 spiro atoms. The van der Waals surface area contributed by atoms with Crippen LogP contribution in [0.1, 0.15) is 24.6 Å². The lowest BCUT2D eigenvalue weighted by Crippen LogP contribution is -2.26. The van der Waals surface area contributed by atoms with E-state index in [1.165, 1.54) is 12.8 Å². The summed E-state index contributed by atoms with van der Waals surface area (Å²) in [5.74, 6) is 1.01. The summed E-state index contributed by atoms with van der Waals surface area (Å²) in [5.41, 5.74) is 0. The van der Waals surface area contributed by atoms with Crippen molar-refractivity contribution in [2.75, 3.05) is 13.6 Å². The highest BCUT2D eigenvalue weighted by molar-refractivity contribution is 4.90. The molecule has 5 nitrogen and oxygen atoms in total. The first-order valence-electron chi connectivity index (χ1n) is 4.92. The Bertz CT molecular complexity index is 300. The number of aliphatic hydroxyl groups is 1. The Morgan fingerprint density at radius 2 is 2.50 bits per heavy atom. The monoisotopic (exact) mass is 197 g/mol. The molecule has 2 heterocycles. The van der Waals surface area contributed by atoms with Gasteiger partial charge in [0.05, 0.1) is 0 Å². The van der Waals surface area contributed by atoms with E-state index in [0.717, 1.165) is 13.0 Å². The number of likely N-dealkylation sites (tertiary alicyclic amines) is 1. The van der Waals surface area contributed by atoms with E-state index in [1.54, 1.807) is 0 Å². The van der Waals surface area contributed by atoms with E-state index in [0.29, 0.717) is 17.8 Å². The lowest BCUT2D eigenvalue weighted by Gasteiger charge is -2.16. The Kier molecular flexibility index (Phi) is 2.79. The van der Waals surface area contributed by atoms with Crippen LogP contribution in [0, 0.1) is 0 Å². The van der Waals surface area contributed by atoms with Crippen molar-refractivity contribution < 1.29 is 9.63 Å². The van der Waals surface area contributed by atoms with Crippen molar-refractivity contribution in [3.05, 3.63) is 11.7 Å². The Morgan fingerprint density at radius 3 is 3.07 bits per heavy atom. The third kappa shape index (κ3) is 1.93. The van der Waals surface area contributed by atoms with Gasteiger partial charge in [-0.3, -0.25) is 0 Å². The molecular weight excluding hydrogens is 182 g/mol. The molecule has 0 amide bonds. The second-order valence-electron chi connectivity index (χ2n) is 3.74. The van der Waals surface area contributed by atoms with Gasteiger partial charge in [-0.2, -0.15) is 4.98 Å². The molecule has 2 rings (SSSR count). The summed E-state index contributed by atoms with van der Waals surface area (Å²) < 4.78 is 5.02. The summed E-state index contributed by atoms with van der Waals surface area (Å²) in [5, 5.41) is 12.4. The molecule has 14 heavy (non-hydrogen) atoms. The Morgan fingerprint density at radius 1 is 1.64 bits per heavy atom. The van der Waals surface area contributed by atoms with Crippen LogP contribution in [0.15, 0.2) is 4.52 Å². The normalized spacial score (nSPS) is 23.1. The number of likely N-dealkylation sites (N-methyl/N-ethyl adjacent to an activating group) is 1. The van der Waals surface area contributed by atoms with E-state index >= 15 is 0 Å². The van der Waals surface area contributed by atoms with Crippen LogP contribution in [0.5, 0.6) is 0 Å². The zero-order valence-corrected chi connectivity index (χ0v) is 8.31. The van der Waals surface area contributed by atoms with Crippen molar-refractivity contribution in [1.82, 2.24) is 15.0 Å². The molecule has 1 fully saturated rings. The summed E-state index contributed by atoms with van der Waals surface area (Å²) >= 11 is 0. The van der Waals surface area contributed by atoms with Crippen LogP contribution < -0.4 is 0 Å².